The maximum Gasteiger partial charge on any atom is 0.188 e. The van der Waals surface area contributed by atoms with Crippen molar-refractivity contribution in [3.63, 3.8) is 0 Å². The lowest BCUT2D eigenvalue weighted by Gasteiger charge is -2.14. The maximum atomic E-state index is 13.3. The van der Waals surface area contributed by atoms with Gasteiger partial charge in [-0.1, -0.05) is 60.2 Å². The average molecular weight is 393 g/mol. The quantitative estimate of drug-likeness (QED) is 0.290. The van der Waals surface area contributed by atoms with E-state index in [2.05, 4.69) is 19.1 Å². The summed E-state index contributed by atoms with van der Waals surface area (Å²) in [5.74, 6) is 0.730. The fraction of sp³-hybridized carbons (Fsp3) is 0.111. The van der Waals surface area contributed by atoms with Crippen LogP contribution in [0.1, 0.15) is 27.2 Å². The highest BCUT2D eigenvalue weighted by Gasteiger charge is 2.19. The summed E-state index contributed by atoms with van der Waals surface area (Å²) >= 11 is 0. The third kappa shape index (κ3) is 3.87. The minimum absolute atomic E-state index is 0.0573. The molecule has 0 aliphatic carbocycles. The minimum Gasteiger partial charge on any atom is -0.497 e. The minimum atomic E-state index is -0.0573. The number of hydrogen-bond donors (Lipinski definition) is 0. The highest BCUT2D eigenvalue weighted by atomic mass is 16.5. The lowest BCUT2D eigenvalue weighted by atomic mass is 9.91. The Kier molecular flexibility index (Phi) is 5.44. The Morgan fingerprint density at radius 1 is 0.933 bits per heavy atom. The second-order valence-electron chi connectivity index (χ2n) is 7.30. The van der Waals surface area contributed by atoms with E-state index in [0.717, 1.165) is 44.6 Å². The number of hydrogen-bond acceptors (Lipinski definition) is 3. The normalized spacial score (nSPS) is 11.2. The number of ketones is 1. The van der Waals surface area contributed by atoms with Gasteiger partial charge in [-0.05, 0) is 55.3 Å². The number of carbonyl (C=O) groups excluding carboxylic acids is 1. The van der Waals surface area contributed by atoms with Gasteiger partial charge in [0.15, 0.2) is 5.78 Å². The summed E-state index contributed by atoms with van der Waals surface area (Å²) < 4.78 is 5.20. The summed E-state index contributed by atoms with van der Waals surface area (Å²) in [6.45, 7) is 3.96. The smallest absolute Gasteiger partial charge is 0.188 e. The first-order valence-corrected chi connectivity index (χ1v) is 9.89. The Bertz CT molecular complexity index is 1240. The number of methoxy groups -OCH3 is 1. The van der Waals surface area contributed by atoms with Crippen LogP contribution < -0.4 is 4.74 Å². The van der Waals surface area contributed by atoms with E-state index in [1.54, 1.807) is 13.2 Å². The van der Waals surface area contributed by atoms with Gasteiger partial charge in [0.2, 0.25) is 0 Å². The summed E-state index contributed by atoms with van der Waals surface area (Å²) in [5, 5.41) is 0.994. The molecule has 4 aromatic rings. The number of nitrogens with zero attached hydrogens (tertiary/aromatic N) is 1. The van der Waals surface area contributed by atoms with Crippen LogP contribution in [0.3, 0.4) is 0 Å². The third-order valence-corrected chi connectivity index (χ3v) is 5.17. The molecule has 0 aliphatic rings. The number of pyridine rings is 1. The van der Waals surface area contributed by atoms with Crippen molar-refractivity contribution in [2.24, 2.45) is 0 Å². The van der Waals surface area contributed by atoms with Crippen molar-refractivity contribution < 1.29 is 9.53 Å². The molecular weight excluding hydrogens is 370 g/mol. The molecule has 4 rings (SSSR count). The molecule has 1 aromatic heterocycles. The molecule has 0 N–H and O–H groups in total. The molecule has 0 unspecified atom stereocenters. The standard InChI is InChI=1S/C27H23NO2/c1-18-9-15-24-23(17-18)27(21-7-5-4-6-8-21)26(19(2)28-24)25(29)16-12-20-10-13-22(30-3)14-11-20/h4-17H,1-3H3/b16-12+. The first kappa shape index (κ1) is 19.6. The monoisotopic (exact) mass is 393 g/mol. The molecule has 3 aromatic carbocycles. The summed E-state index contributed by atoms with van der Waals surface area (Å²) in [7, 11) is 1.64. The van der Waals surface area contributed by atoms with Crippen LogP contribution in [0.2, 0.25) is 0 Å². The number of allylic oxidation sites excluding steroid dienone is 1. The second kappa shape index (κ2) is 8.34. The fourth-order valence-electron chi connectivity index (χ4n) is 3.68. The van der Waals surface area contributed by atoms with E-state index in [4.69, 9.17) is 9.72 Å². The molecule has 0 amide bonds. The van der Waals surface area contributed by atoms with Crippen molar-refractivity contribution in [2.45, 2.75) is 13.8 Å². The molecule has 0 radical (unpaired) electrons. The van der Waals surface area contributed by atoms with Gasteiger partial charge in [0, 0.05) is 16.6 Å². The van der Waals surface area contributed by atoms with Gasteiger partial charge in [-0.2, -0.15) is 0 Å². The van der Waals surface area contributed by atoms with Gasteiger partial charge in [-0.25, -0.2) is 0 Å². The molecule has 3 heteroatoms. The summed E-state index contributed by atoms with van der Waals surface area (Å²) in [4.78, 5) is 18.1. The van der Waals surface area contributed by atoms with Crippen LogP contribution in [0, 0.1) is 13.8 Å². The highest BCUT2D eigenvalue weighted by molar-refractivity contribution is 6.16. The van der Waals surface area contributed by atoms with Gasteiger partial charge in [-0.3, -0.25) is 9.78 Å². The van der Waals surface area contributed by atoms with E-state index < -0.39 is 0 Å². The number of ether oxygens (including phenoxy) is 1. The molecule has 1 heterocycles. The number of carbonyl (C=O) groups is 1. The number of fused-ring (bicyclic) bond motifs is 1. The molecule has 3 nitrogen and oxygen atoms in total. The lowest BCUT2D eigenvalue weighted by Crippen LogP contribution is -2.05. The Labute approximate surface area is 176 Å². The van der Waals surface area contributed by atoms with Crippen LogP contribution in [-0.4, -0.2) is 17.9 Å². The molecule has 0 fully saturated rings. The van der Waals surface area contributed by atoms with Crippen LogP contribution in [-0.2, 0) is 0 Å². The van der Waals surface area contributed by atoms with Crippen LogP contribution >= 0.6 is 0 Å². The Balaban J connectivity index is 1.85. The Morgan fingerprint density at radius 2 is 1.67 bits per heavy atom. The van der Waals surface area contributed by atoms with E-state index in [9.17, 15) is 4.79 Å². The largest absolute Gasteiger partial charge is 0.497 e. The van der Waals surface area contributed by atoms with Crippen molar-refractivity contribution in [1.29, 1.82) is 0 Å². The van der Waals surface area contributed by atoms with Crippen molar-refractivity contribution in [1.82, 2.24) is 4.98 Å². The third-order valence-electron chi connectivity index (χ3n) is 5.17. The molecule has 0 spiro atoms. The highest BCUT2D eigenvalue weighted by Crippen LogP contribution is 2.34. The molecule has 148 valence electrons. The molecule has 0 saturated heterocycles. The molecule has 0 atom stereocenters. The van der Waals surface area contributed by atoms with E-state index >= 15 is 0 Å². The zero-order chi connectivity index (χ0) is 21.1. The molecular formula is C27H23NO2. The van der Waals surface area contributed by atoms with Crippen LogP contribution in [0.25, 0.3) is 28.1 Å². The Hall–Kier alpha value is -3.72. The van der Waals surface area contributed by atoms with Crippen molar-refractivity contribution in [3.05, 3.63) is 101 Å². The summed E-state index contributed by atoms with van der Waals surface area (Å²) in [5.41, 5.74) is 6.29. The molecule has 30 heavy (non-hydrogen) atoms. The number of benzene rings is 3. The van der Waals surface area contributed by atoms with Gasteiger partial charge >= 0.3 is 0 Å². The number of rotatable bonds is 5. The first-order valence-electron chi connectivity index (χ1n) is 9.89. The zero-order valence-corrected chi connectivity index (χ0v) is 17.3. The van der Waals surface area contributed by atoms with Crippen LogP contribution in [0.15, 0.2) is 78.9 Å². The van der Waals surface area contributed by atoms with Crippen LogP contribution in [0.4, 0.5) is 0 Å². The second-order valence-corrected chi connectivity index (χ2v) is 7.30. The molecule has 0 aliphatic heterocycles. The topological polar surface area (TPSA) is 39.2 Å². The number of aryl methyl sites for hydroxylation is 2. The summed E-state index contributed by atoms with van der Waals surface area (Å²) in [6, 6.07) is 23.8. The summed E-state index contributed by atoms with van der Waals surface area (Å²) in [6.07, 6.45) is 3.45. The predicted octanol–water partition coefficient (Wildman–Crippen LogP) is 6.42. The van der Waals surface area contributed by atoms with Crippen molar-refractivity contribution >= 4 is 22.8 Å². The van der Waals surface area contributed by atoms with Crippen molar-refractivity contribution in [3.8, 4) is 16.9 Å². The van der Waals surface area contributed by atoms with E-state index in [-0.39, 0.29) is 5.78 Å². The van der Waals surface area contributed by atoms with E-state index in [0.29, 0.717) is 5.56 Å². The van der Waals surface area contributed by atoms with E-state index in [1.165, 1.54) is 0 Å². The van der Waals surface area contributed by atoms with Gasteiger partial charge in [0.25, 0.3) is 0 Å². The van der Waals surface area contributed by atoms with Gasteiger partial charge in [0.05, 0.1) is 18.2 Å². The molecule has 0 bridgehead atoms. The number of aromatic nitrogens is 1. The Morgan fingerprint density at radius 3 is 2.37 bits per heavy atom. The molecule has 0 saturated carbocycles. The van der Waals surface area contributed by atoms with Crippen LogP contribution in [0.5, 0.6) is 5.75 Å². The fourth-order valence-corrected chi connectivity index (χ4v) is 3.68. The zero-order valence-electron chi connectivity index (χ0n) is 17.3. The van der Waals surface area contributed by atoms with Gasteiger partial charge in [-0.15, -0.1) is 0 Å². The predicted molar refractivity (Wildman–Crippen MR) is 123 cm³/mol. The van der Waals surface area contributed by atoms with Gasteiger partial charge in [0.1, 0.15) is 5.75 Å². The average Bonchev–Trinajstić information content (AvgIpc) is 2.78. The van der Waals surface area contributed by atoms with Gasteiger partial charge < -0.3 is 4.74 Å². The van der Waals surface area contributed by atoms with E-state index in [1.807, 2.05) is 73.7 Å². The lowest BCUT2D eigenvalue weighted by molar-refractivity contribution is 0.104. The van der Waals surface area contributed by atoms with Crippen molar-refractivity contribution in [2.75, 3.05) is 7.11 Å². The SMILES string of the molecule is COc1ccc(/C=C/C(=O)c2c(C)nc3ccc(C)cc3c2-c2ccccc2)cc1. The maximum absolute atomic E-state index is 13.3. The first-order chi connectivity index (χ1) is 14.6.